The number of benzene rings is 2. The Morgan fingerprint density at radius 3 is 2.29 bits per heavy atom. The molecule has 3 aromatic rings. The molecule has 5 nitrogen and oxygen atoms in total. The highest BCUT2D eigenvalue weighted by molar-refractivity contribution is 6.32. The molecule has 2 N–H and O–H groups in total. The molecule has 7 heteroatoms. The second kappa shape index (κ2) is 7.14. The molecular formula is C17H14ClFN4O. The maximum atomic E-state index is 13.2. The Morgan fingerprint density at radius 2 is 1.67 bits per heavy atom. The highest BCUT2D eigenvalue weighted by Crippen LogP contribution is 2.28. The first kappa shape index (κ1) is 16.0. The zero-order valence-corrected chi connectivity index (χ0v) is 13.5. The Labute approximate surface area is 143 Å². The predicted molar refractivity (Wildman–Crippen MR) is 93.0 cm³/mol. The van der Waals surface area contributed by atoms with Gasteiger partial charge in [0.2, 0.25) is 0 Å². The Hall–Kier alpha value is -2.86. The zero-order valence-electron chi connectivity index (χ0n) is 12.8. The minimum Gasteiger partial charge on any atom is -0.495 e. The van der Waals surface area contributed by atoms with E-state index in [0.717, 1.165) is 5.69 Å². The van der Waals surface area contributed by atoms with E-state index in [9.17, 15) is 4.39 Å². The molecular weight excluding hydrogens is 331 g/mol. The number of hydrogen-bond donors (Lipinski definition) is 2. The van der Waals surface area contributed by atoms with Crippen LogP contribution in [0.25, 0.3) is 0 Å². The van der Waals surface area contributed by atoms with Crippen molar-refractivity contribution in [2.45, 2.75) is 0 Å². The highest BCUT2D eigenvalue weighted by Gasteiger charge is 2.04. The minimum absolute atomic E-state index is 0.319. The molecule has 122 valence electrons. The largest absolute Gasteiger partial charge is 0.495 e. The number of nitrogens with zero attached hydrogens (tertiary/aromatic N) is 2. The lowest BCUT2D eigenvalue weighted by Crippen LogP contribution is -1.99. The van der Waals surface area contributed by atoms with E-state index in [1.54, 1.807) is 37.4 Å². The number of nitrogens with one attached hydrogen (secondary N) is 2. The first-order chi connectivity index (χ1) is 11.6. The van der Waals surface area contributed by atoms with Crippen LogP contribution < -0.4 is 15.4 Å². The van der Waals surface area contributed by atoms with E-state index in [1.807, 2.05) is 6.07 Å². The van der Waals surface area contributed by atoms with Gasteiger partial charge < -0.3 is 15.4 Å². The van der Waals surface area contributed by atoms with Crippen molar-refractivity contribution in [3.05, 3.63) is 65.7 Å². The van der Waals surface area contributed by atoms with Gasteiger partial charge in [-0.05, 0) is 36.4 Å². The van der Waals surface area contributed by atoms with E-state index in [1.165, 1.54) is 18.5 Å². The van der Waals surface area contributed by atoms with Gasteiger partial charge in [-0.1, -0.05) is 17.7 Å². The molecule has 0 bridgehead atoms. The summed E-state index contributed by atoms with van der Waals surface area (Å²) < 4.78 is 18.3. The van der Waals surface area contributed by atoms with Crippen molar-refractivity contribution in [3.63, 3.8) is 0 Å². The van der Waals surface area contributed by atoms with Gasteiger partial charge in [-0.2, -0.15) is 0 Å². The van der Waals surface area contributed by atoms with Crippen LogP contribution in [0.15, 0.2) is 54.9 Å². The highest BCUT2D eigenvalue weighted by atomic mass is 35.5. The van der Waals surface area contributed by atoms with E-state index >= 15 is 0 Å². The third kappa shape index (κ3) is 3.91. The maximum Gasteiger partial charge on any atom is 0.137 e. The summed E-state index contributed by atoms with van der Waals surface area (Å²) in [5, 5.41) is 6.65. The first-order valence-electron chi connectivity index (χ1n) is 7.09. The molecule has 0 aliphatic rings. The van der Waals surface area contributed by atoms with Gasteiger partial charge in [0, 0.05) is 17.4 Å². The fraction of sp³-hybridized carbons (Fsp3) is 0.0588. The van der Waals surface area contributed by atoms with Crippen LogP contribution in [-0.2, 0) is 0 Å². The fourth-order valence-electron chi connectivity index (χ4n) is 2.10. The summed E-state index contributed by atoms with van der Waals surface area (Å²) in [6.07, 6.45) is 1.41. The molecule has 0 atom stereocenters. The van der Waals surface area contributed by atoms with Crippen LogP contribution >= 0.6 is 11.6 Å². The number of hydrogen-bond acceptors (Lipinski definition) is 5. The lowest BCUT2D eigenvalue weighted by molar-refractivity contribution is 0.415. The maximum absolute atomic E-state index is 13.2. The van der Waals surface area contributed by atoms with Crippen LogP contribution in [0.2, 0.25) is 5.02 Å². The second-order valence-electron chi connectivity index (χ2n) is 4.90. The minimum atomic E-state index is -0.319. The van der Waals surface area contributed by atoms with Gasteiger partial charge >= 0.3 is 0 Å². The van der Waals surface area contributed by atoms with Crippen LogP contribution in [0.5, 0.6) is 5.75 Å². The number of anilines is 4. The van der Waals surface area contributed by atoms with Crippen molar-refractivity contribution in [2.24, 2.45) is 0 Å². The molecule has 0 saturated carbocycles. The Kier molecular flexibility index (Phi) is 4.77. The van der Waals surface area contributed by atoms with Crippen molar-refractivity contribution in [3.8, 4) is 5.75 Å². The van der Waals surface area contributed by atoms with E-state index < -0.39 is 0 Å². The van der Waals surface area contributed by atoms with Gasteiger partial charge in [0.1, 0.15) is 29.5 Å². The SMILES string of the molecule is COc1ccc(Nc2cc(Nc3cccc(F)c3)ncn2)cc1Cl. The van der Waals surface area contributed by atoms with Gasteiger partial charge in [-0.25, -0.2) is 14.4 Å². The summed E-state index contributed by atoms with van der Waals surface area (Å²) >= 11 is 6.10. The lowest BCUT2D eigenvalue weighted by atomic mass is 10.3. The molecule has 1 aromatic heterocycles. The second-order valence-corrected chi connectivity index (χ2v) is 5.31. The summed E-state index contributed by atoms with van der Waals surface area (Å²) in [6.45, 7) is 0. The Morgan fingerprint density at radius 1 is 0.958 bits per heavy atom. The first-order valence-corrected chi connectivity index (χ1v) is 7.47. The van der Waals surface area contributed by atoms with Crippen molar-refractivity contribution >= 4 is 34.6 Å². The van der Waals surface area contributed by atoms with Crippen molar-refractivity contribution in [1.29, 1.82) is 0 Å². The quantitative estimate of drug-likeness (QED) is 0.698. The molecule has 0 aliphatic carbocycles. The lowest BCUT2D eigenvalue weighted by Gasteiger charge is -2.10. The third-order valence-electron chi connectivity index (χ3n) is 3.19. The summed E-state index contributed by atoms with van der Waals surface area (Å²) in [4.78, 5) is 8.28. The van der Waals surface area contributed by atoms with Gasteiger partial charge in [0.25, 0.3) is 0 Å². The van der Waals surface area contributed by atoms with Gasteiger partial charge in [0.15, 0.2) is 0 Å². The van der Waals surface area contributed by atoms with E-state index in [2.05, 4.69) is 20.6 Å². The van der Waals surface area contributed by atoms with E-state index in [-0.39, 0.29) is 5.82 Å². The third-order valence-corrected chi connectivity index (χ3v) is 3.48. The molecule has 0 spiro atoms. The van der Waals surface area contributed by atoms with Crippen LogP contribution in [0.4, 0.5) is 27.4 Å². The predicted octanol–water partition coefficient (Wildman–Crippen LogP) is 4.76. The number of aromatic nitrogens is 2. The summed E-state index contributed by atoms with van der Waals surface area (Å²) in [7, 11) is 1.56. The van der Waals surface area contributed by atoms with Gasteiger partial charge in [-0.3, -0.25) is 0 Å². The number of rotatable bonds is 5. The zero-order chi connectivity index (χ0) is 16.9. The Bertz CT molecular complexity index is 859. The molecule has 0 saturated heterocycles. The molecule has 0 fully saturated rings. The molecule has 2 aromatic carbocycles. The smallest absolute Gasteiger partial charge is 0.137 e. The Balaban J connectivity index is 1.76. The van der Waals surface area contributed by atoms with E-state index in [4.69, 9.17) is 16.3 Å². The van der Waals surface area contributed by atoms with Crippen LogP contribution in [0.1, 0.15) is 0 Å². The molecule has 0 radical (unpaired) electrons. The number of ether oxygens (including phenoxy) is 1. The average molecular weight is 345 g/mol. The van der Waals surface area contributed by atoms with Gasteiger partial charge in [-0.15, -0.1) is 0 Å². The molecule has 0 aliphatic heterocycles. The topological polar surface area (TPSA) is 59.1 Å². The van der Waals surface area contributed by atoms with Crippen molar-refractivity contribution in [2.75, 3.05) is 17.7 Å². The fourth-order valence-corrected chi connectivity index (χ4v) is 2.36. The average Bonchev–Trinajstić information content (AvgIpc) is 2.55. The molecule has 3 rings (SSSR count). The molecule has 24 heavy (non-hydrogen) atoms. The molecule has 0 unspecified atom stereocenters. The van der Waals surface area contributed by atoms with Crippen LogP contribution in [-0.4, -0.2) is 17.1 Å². The molecule has 0 amide bonds. The van der Waals surface area contributed by atoms with Crippen molar-refractivity contribution in [1.82, 2.24) is 9.97 Å². The van der Waals surface area contributed by atoms with Crippen LogP contribution in [0.3, 0.4) is 0 Å². The van der Waals surface area contributed by atoms with E-state index in [0.29, 0.717) is 28.1 Å². The standard InChI is InChI=1S/C17H14ClFN4O/c1-24-15-6-5-13(8-14(15)18)23-17-9-16(20-10-21-17)22-12-4-2-3-11(19)7-12/h2-10H,1H3,(H2,20,21,22,23). The van der Waals surface area contributed by atoms with Gasteiger partial charge in [0.05, 0.1) is 12.1 Å². The monoisotopic (exact) mass is 344 g/mol. The molecule has 1 heterocycles. The summed E-state index contributed by atoms with van der Waals surface area (Å²) in [5.74, 6) is 1.39. The summed E-state index contributed by atoms with van der Waals surface area (Å²) in [5.41, 5.74) is 1.36. The van der Waals surface area contributed by atoms with Crippen molar-refractivity contribution < 1.29 is 9.13 Å². The number of methoxy groups -OCH3 is 1. The summed E-state index contributed by atoms with van der Waals surface area (Å²) in [6, 6.07) is 13.2. The number of halogens is 2. The normalized spacial score (nSPS) is 10.3. The van der Waals surface area contributed by atoms with Crippen LogP contribution in [0, 0.1) is 5.82 Å².